The number of hydrogen-bond donors (Lipinski definition) is 0. The van der Waals surface area contributed by atoms with E-state index in [1.807, 2.05) is 6.92 Å². The van der Waals surface area contributed by atoms with Crippen LogP contribution in [0.15, 0.2) is 6.20 Å². The maximum Gasteiger partial charge on any atom is 0.213 e. The summed E-state index contributed by atoms with van der Waals surface area (Å²) in [6, 6.07) is 0. The van der Waals surface area contributed by atoms with Gasteiger partial charge in [0.15, 0.2) is 5.75 Å². The van der Waals surface area contributed by atoms with Crippen molar-refractivity contribution in [1.82, 2.24) is 9.78 Å². The van der Waals surface area contributed by atoms with E-state index in [1.54, 1.807) is 25.0 Å². The summed E-state index contributed by atoms with van der Waals surface area (Å²) < 4.78 is 12.3. The summed E-state index contributed by atoms with van der Waals surface area (Å²) in [5.74, 6) is 0.858. The van der Waals surface area contributed by atoms with Crippen LogP contribution in [0.2, 0.25) is 0 Å². The molecule has 0 saturated heterocycles. The SMILES string of the molecule is CCOC(C(=O)c1c(OC)cnn1C)C1CC1. The predicted octanol–water partition coefficient (Wildman–Crippen LogP) is 1.43. The van der Waals surface area contributed by atoms with E-state index in [0.29, 0.717) is 24.0 Å². The van der Waals surface area contributed by atoms with Gasteiger partial charge in [-0.3, -0.25) is 9.48 Å². The fraction of sp³-hybridized carbons (Fsp3) is 0.667. The molecule has 1 saturated carbocycles. The second-order valence-corrected chi connectivity index (χ2v) is 4.26. The number of ketones is 1. The summed E-state index contributed by atoms with van der Waals surface area (Å²) >= 11 is 0. The molecule has 0 bridgehead atoms. The van der Waals surface area contributed by atoms with Gasteiger partial charge in [0, 0.05) is 13.7 Å². The normalized spacial score (nSPS) is 16.9. The van der Waals surface area contributed by atoms with Crippen molar-refractivity contribution >= 4 is 5.78 Å². The van der Waals surface area contributed by atoms with Crippen molar-refractivity contribution in [2.75, 3.05) is 13.7 Å². The standard InChI is InChI=1S/C12H18N2O3/c1-4-17-12(8-5-6-8)11(15)10-9(16-3)7-13-14(10)2/h7-8,12H,4-6H2,1-3H3. The fourth-order valence-electron chi connectivity index (χ4n) is 1.99. The minimum atomic E-state index is -0.343. The van der Waals surface area contributed by atoms with Crippen LogP contribution in [0.5, 0.6) is 5.75 Å². The highest BCUT2D eigenvalue weighted by Gasteiger charge is 2.39. The number of aromatic nitrogens is 2. The van der Waals surface area contributed by atoms with E-state index < -0.39 is 0 Å². The number of carbonyl (C=O) groups excluding carboxylic acids is 1. The number of Topliss-reactive ketones (excluding diaryl/α,β-unsaturated/α-hetero) is 1. The van der Waals surface area contributed by atoms with Crippen molar-refractivity contribution < 1.29 is 14.3 Å². The Kier molecular flexibility index (Phi) is 3.47. The second kappa shape index (κ2) is 4.87. The molecule has 0 spiro atoms. The number of nitrogens with zero attached hydrogens (tertiary/aromatic N) is 2. The zero-order valence-corrected chi connectivity index (χ0v) is 10.5. The minimum absolute atomic E-state index is 0.0220. The molecule has 1 aromatic rings. The molecule has 1 heterocycles. The van der Waals surface area contributed by atoms with Crippen LogP contribution in [0.4, 0.5) is 0 Å². The van der Waals surface area contributed by atoms with Gasteiger partial charge in [0.05, 0.1) is 13.3 Å². The molecule has 1 fully saturated rings. The van der Waals surface area contributed by atoms with Crippen LogP contribution < -0.4 is 4.74 Å². The molecule has 94 valence electrons. The van der Waals surface area contributed by atoms with E-state index in [4.69, 9.17) is 9.47 Å². The number of carbonyl (C=O) groups is 1. The topological polar surface area (TPSA) is 53.4 Å². The van der Waals surface area contributed by atoms with Gasteiger partial charge in [-0.25, -0.2) is 0 Å². The average Bonchev–Trinajstić information content (AvgIpc) is 3.08. The maximum absolute atomic E-state index is 12.4. The van der Waals surface area contributed by atoms with Crippen molar-refractivity contribution in [3.63, 3.8) is 0 Å². The van der Waals surface area contributed by atoms with Crippen molar-refractivity contribution in [3.05, 3.63) is 11.9 Å². The molecule has 1 unspecified atom stereocenters. The van der Waals surface area contributed by atoms with E-state index in [2.05, 4.69) is 5.10 Å². The summed E-state index contributed by atoms with van der Waals surface area (Å²) in [7, 11) is 3.28. The Morgan fingerprint density at radius 1 is 1.65 bits per heavy atom. The lowest BCUT2D eigenvalue weighted by molar-refractivity contribution is 0.0364. The van der Waals surface area contributed by atoms with E-state index in [-0.39, 0.29) is 11.9 Å². The highest BCUT2D eigenvalue weighted by atomic mass is 16.5. The predicted molar refractivity (Wildman–Crippen MR) is 62.2 cm³/mol. The molecule has 17 heavy (non-hydrogen) atoms. The Morgan fingerprint density at radius 2 is 2.35 bits per heavy atom. The molecule has 1 aliphatic carbocycles. The lowest BCUT2D eigenvalue weighted by atomic mass is 10.1. The van der Waals surface area contributed by atoms with Crippen LogP contribution in [0, 0.1) is 5.92 Å². The van der Waals surface area contributed by atoms with Crippen molar-refractivity contribution in [2.24, 2.45) is 13.0 Å². The molecule has 0 aromatic carbocycles. The second-order valence-electron chi connectivity index (χ2n) is 4.26. The summed E-state index contributed by atoms with van der Waals surface area (Å²) in [6.45, 7) is 2.45. The van der Waals surface area contributed by atoms with Crippen LogP contribution in [0.3, 0.4) is 0 Å². The van der Waals surface area contributed by atoms with Crippen molar-refractivity contribution in [2.45, 2.75) is 25.9 Å². The molecule has 1 atom stereocenters. The van der Waals surface area contributed by atoms with Gasteiger partial charge in [-0.15, -0.1) is 0 Å². The van der Waals surface area contributed by atoms with E-state index in [1.165, 1.54) is 0 Å². The first-order valence-corrected chi connectivity index (χ1v) is 5.90. The third-order valence-electron chi connectivity index (χ3n) is 3.01. The van der Waals surface area contributed by atoms with Crippen LogP contribution in [-0.4, -0.2) is 35.4 Å². The molecule has 1 aliphatic rings. The number of ether oxygens (including phenoxy) is 2. The zero-order chi connectivity index (χ0) is 12.4. The van der Waals surface area contributed by atoms with Gasteiger partial charge in [-0.2, -0.15) is 5.10 Å². The highest BCUT2D eigenvalue weighted by molar-refractivity contribution is 6.00. The fourth-order valence-corrected chi connectivity index (χ4v) is 1.99. The van der Waals surface area contributed by atoms with E-state index in [0.717, 1.165) is 12.8 Å². The van der Waals surface area contributed by atoms with Crippen LogP contribution in [0.1, 0.15) is 30.3 Å². The number of hydrogen-bond acceptors (Lipinski definition) is 4. The molecule has 0 radical (unpaired) electrons. The summed E-state index contributed by atoms with van der Waals surface area (Å²) in [4.78, 5) is 12.4. The lowest BCUT2D eigenvalue weighted by Gasteiger charge is -2.15. The number of rotatable bonds is 6. The van der Waals surface area contributed by atoms with Gasteiger partial charge < -0.3 is 9.47 Å². The monoisotopic (exact) mass is 238 g/mol. The Labute approximate surface area is 101 Å². The van der Waals surface area contributed by atoms with Crippen LogP contribution >= 0.6 is 0 Å². The molecule has 0 amide bonds. The Balaban J connectivity index is 2.24. The zero-order valence-electron chi connectivity index (χ0n) is 10.5. The molecule has 5 nitrogen and oxygen atoms in total. The van der Waals surface area contributed by atoms with E-state index >= 15 is 0 Å². The third kappa shape index (κ3) is 2.34. The Morgan fingerprint density at radius 3 is 2.88 bits per heavy atom. The summed E-state index contributed by atoms with van der Waals surface area (Å²) in [6.07, 6.45) is 3.35. The molecule has 5 heteroatoms. The summed E-state index contributed by atoms with van der Waals surface area (Å²) in [5, 5.41) is 4.05. The number of methoxy groups -OCH3 is 1. The first kappa shape index (κ1) is 12.1. The first-order chi connectivity index (χ1) is 8.19. The largest absolute Gasteiger partial charge is 0.493 e. The summed E-state index contributed by atoms with van der Waals surface area (Å²) in [5.41, 5.74) is 0.498. The molecule has 1 aromatic heterocycles. The van der Waals surface area contributed by atoms with E-state index in [9.17, 15) is 4.79 Å². The maximum atomic E-state index is 12.4. The molecule has 2 rings (SSSR count). The van der Waals surface area contributed by atoms with Crippen LogP contribution in [0.25, 0.3) is 0 Å². The average molecular weight is 238 g/mol. The molecular formula is C12H18N2O3. The smallest absolute Gasteiger partial charge is 0.213 e. The Bertz CT molecular complexity index is 410. The Hall–Kier alpha value is -1.36. The van der Waals surface area contributed by atoms with Gasteiger partial charge in [-0.05, 0) is 25.7 Å². The molecule has 0 aliphatic heterocycles. The van der Waals surface area contributed by atoms with Gasteiger partial charge >= 0.3 is 0 Å². The van der Waals surface area contributed by atoms with Gasteiger partial charge in [0.2, 0.25) is 5.78 Å². The molecular weight excluding hydrogens is 220 g/mol. The van der Waals surface area contributed by atoms with Gasteiger partial charge in [0.25, 0.3) is 0 Å². The lowest BCUT2D eigenvalue weighted by Crippen LogP contribution is -2.28. The minimum Gasteiger partial charge on any atom is -0.493 e. The highest BCUT2D eigenvalue weighted by Crippen LogP contribution is 2.36. The quantitative estimate of drug-likeness (QED) is 0.703. The number of aryl methyl sites for hydroxylation is 1. The first-order valence-electron chi connectivity index (χ1n) is 5.90. The van der Waals surface area contributed by atoms with Crippen molar-refractivity contribution in [3.8, 4) is 5.75 Å². The van der Waals surface area contributed by atoms with Crippen molar-refractivity contribution in [1.29, 1.82) is 0 Å². The van der Waals surface area contributed by atoms with Crippen LogP contribution in [-0.2, 0) is 11.8 Å². The molecule has 0 N–H and O–H groups in total. The van der Waals surface area contributed by atoms with Gasteiger partial charge in [0.1, 0.15) is 11.8 Å². The van der Waals surface area contributed by atoms with Gasteiger partial charge in [-0.1, -0.05) is 0 Å². The third-order valence-corrected chi connectivity index (χ3v) is 3.01.